The zero-order valence-electron chi connectivity index (χ0n) is 11.0. The van der Waals surface area contributed by atoms with E-state index in [2.05, 4.69) is 0 Å². The second kappa shape index (κ2) is 5.91. The molecule has 1 N–H and O–H groups in total. The molecule has 1 saturated heterocycles. The van der Waals surface area contributed by atoms with Crippen molar-refractivity contribution in [3.63, 3.8) is 0 Å². The third-order valence-electron chi connectivity index (χ3n) is 3.56. The second-order valence-electron chi connectivity index (χ2n) is 4.88. The van der Waals surface area contributed by atoms with E-state index in [4.69, 9.17) is 4.42 Å². The lowest BCUT2D eigenvalue weighted by Gasteiger charge is -2.31. The number of aliphatic carboxylic acids is 1. The quantitative estimate of drug-likeness (QED) is 0.907. The van der Waals surface area contributed by atoms with Gasteiger partial charge in [-0.3, -0.25) is 9.59 Å². The summed E-state index contributed by atoms with van der Waals surface area (Å²) in [5.41, 5.74) is 0. The number of rotatable bonds is 4. The number of furan rings is 1. The lowest BCUT2D eigenvalue weighted by molar-refractivity contribution is -0.146. The van der Waals surface area contributed by atoms with E-state index in [-0.39, 0.29) is 5.91 Å². The van der Waals surface area contributed by atoms with Crippen LogP contribution in [0, 0.1) is 5.92 Å². The molecule has 1 aliphatic heterocycles. The predicted molar refractivity (Wildman–Crippen MR) is 68.4 cm³/mol. The summed E-state index contributed by atoms with van der Waals surface area (Å²) < 4.78 is 5.38. The van der Waals surface area contributed by atoms with E-state index in [0.717, 1.165) is 6.42 Å². The van der Waals surface area contributed by atoms with Crippen molar-refractivity contribution >= 4 is 11.9 Å². The van der Waals surface area contributed by atoms with Gasteiger partial charge in [-0.05, 0) is 31.4 Å². The van der Waals surface area contributed by atoms with Crippen molar-refractivity contribution in [1.82, 2.24) is 4.90 Å². The Morgan fingerprint density at radius 1 is 1.58 bits per heavy atom. The van der Waals surface area contributed by atoms with Gasteiger partial charge in [-0.2, -0.15) is 0 Å². The number of carboxylic acids is 1. The highest BCUT2D eigenvalue weighted by molar-refractivity contribution is 5.79. The molecule has 2 heterocycles. The Morgan fingerprint density at radius 2 is 2.37 bits per heavy atom. The molecule has 2 rings (SSSR count). The average Bonchev–Trinajstić information content (AvgIpc) is 2.84. The Morgan fingerprint density at radius 3 is 2.95 bits per heavy atom. The first-order chi connectivity index (χ1) is 9.15. The molecule has 5 heteroatoms. The van der Waals surface area contributed by atoms with Gasteiger partial charge in [0, 0.05) is 13.0 Å². The molecule has 0 saturated carbocycles. The van der Waals surface area contributed by atoms with Gasteiger partial charge in [0.25, 0.3) is 0 Å². The smallest absolute Gasteiger partial charge is 0.309 e. The van der Waals surface area contributed by atoms with Crippen LogP contribution in [0.1, 0.15) is 44.4 Å². The summed E-state index contributed by atoms with van der Waals surface area (Å²) in [6.45, 7) is 2.54. The summed E-state index contributed by atoms with van der Waals surface area (Å²) in [7, 11) is 0. The van der Waals surface area contributed by atoms with Crippen LogP contribution in [0.25, 0.3) is 0 Å². The molecule has 1 fully saturated rings. The largest absolute Gasteiger partial charge is 0.481 e. The number of hydrogen-bond donors (Lipinski definition) is 1. The van der Waals surface area contributed by atoms with Gasteiger partial charge in [0.15, 0.2) is 0 Å². The molecule has 19 heavy (non-hydrogen) atoms. The van der Waals surface area contributed by atoms with Gasteiger partial charge in [-0.15, -0.1) is 0 Å². The monoisotopic (exact) mass is 265 g/mol. The topological polar surface area (TPSA) is 70.8 Å². The molecular formula is C14H19NO4. The number of carboxylic acid groups (broad SMARTS) is 1. The molecule has 0 bridgehead atoms. The maximum Gasteiger partial charge on any atom is 0.309 e. The Labute approximate surface area is 112 Å². The van der Waals surface area contributed by atoms with E-state index in [0.29, 0.717) is 31.6 Å². The summed E-state index contributed by atoms with van der Waals surface area (Å²) in [5.74, 6) is -0.871. The molecule has 1 aliphatic rings. The van der Waals surface area contributed by atoms with E-state index in [1.807, 2.05) is 6.92 Å². The Bertz CT molecular complexity index is 440. The molecule has 2 unspecified atom stereocenters. The number of likely N-dealkylation sites (tertiary alicyclic amines) is 1. The standard InChI is InChI=1S/C14H19NO4/c1-2-8-15-12(16)7-3-5-10(14(17)18)13(15)11-6-4-9-19-11/h4,6,9-10,13H,2-3,5,7-8H2,1H3,(H,17,18). The third kappa shape index (κ3) is 2.80. The van der Waals surface area contributed by atoms with Crippen LogP contribution in [0.2, 0.25) is 0 Å². The van der Waals surface area contributed by atoms with Gasteiger partial charge in [0.2, 0.25) is 5.91 Å². The minimum atomic E-state index is -0.864. The summed E-state index contributed by atoms with van der Waals surface area (Å²) in [4.78, 5) is 25.3. The van der Waals surface area contributed by atoms with Crippen molar-refractivity contribution in [2.24, 2.45) is 5.92 Å². The zero-order valence-corrected chi connectivity index (χ0v) is 11.0. The SMILES string of the molecule is CCCN1C(=O)CCCC(C(=O)O)C1c1ccco1. The molecule has 5 nitrogen and oxygen atoms in total. The van der Waals surface area contributed by atoms with Crippen molar-refractivity contribution < 1.29 is 19.1 Å². The average molecular weight is 265 g/mol. The molecule has 0 radical (unpaired) electrons. The van der Waals surface area contributed by atoms with Crippen LogP contribution in [0.15, 0.2) is 22.8 Å². The minimum Gasteiger partial charge on any atom is -0.481 e. The van der Waals surface area contributed by atoms with Crippen molar-refractivity contribution in [3.8, 4) is 0 Å². The van der Waals surface area contributed by atoms with Crippen LogP contribution in [0.3, 0.4) is 0 Å². The number of carbonyl (C=O) groups is 2. The Hall–Kier alpha value is -1.78. The van der Waals surface area contributed by atoms with Gasteiger partial charge in [-0.25, -0.2) is 0 Å². The summed E-state index contributed by atoms with van der Waals surface area (Å²) in [6, 6.07) is 3.00. The lowest BCUT2D eigenvalue weighted by atomic mass is 9.93. The molecule has 0 aromatic carbocycles. The predicted octanol–water partition coefficient (Wildman–Crippen LogP) is 2.44. The van der Waals surface area contributed by atoms with Gasteiger partial charge in [-0.1, -0.05) is 6.92 Å². The molecule has 0 spiro atoms. The number of carbonyl (C=O) groups excluding carboxylic acids is 1. The van der Waals surface area contributed by atoms with Crippen LogP contribution in [-0.2, 0) is 9.59 Å². The molecule has 2 atom stereocenters. The van der Waals surface area contributed by atoms with E-state index in [1.165, 1.54) is 6.26 Å². The Kier molecular flexibility index (Phi) is 4.24. The maximum absolute atomic E-state index is 12.2. The normalized spacial score (nSPS) is 24.3. The van der Waals surface area contributed by atoms with Gasteiger partial charge >= 0.3 is 5.97 Å². The second-order valence-corrected chi connectivity index (χ2v) is 4.88. The minimum absolute atomic E-state index is 0.0204. The molecule has 1 aromatic rings. The van der Waals surface area contributed by atoms with Crippen LogP contribution in [0.5, 0.6) is 0 Å². The first-order valence-electron chi connectivity index (χ1n) is 6.70. The van der Waals surface area contributed by atoms with Crippen molar-refractivity contribution in [3.05, 3.63) is 24.2 Å². The van der Waals surface area contributed by atoms with Crippen LogP contribution >= 0.6 is 0 Å². The van der Waals surface area contributed by atoms with E-state index in [9.17, 15) is 14.7 Å². The fourth-order valence-electron chi connectivity index (χ4n) is 2.72. The molecule has 0 aliphatic carbocycles. The van der Waals surface area contributed by atoms with E-state index < -0.39 is 17.9 Å². The van der Waals surface area contributed by atoms with Crippen LogP contribution in [0.4, 0.5) is 0 Å². The highest BCUT2D eigenvalue weighted by atomic mass is 16.4. The first-order valence-corrected chi connectivity index (χ1v) is 6.70. The first kappa shape index (κ1) is 13.6. The Balaban J connectivity index is 2.39. The highest BCUT2D eigenvalue weighted by Gasteiger charge is 2.39. The highest BCUT2D eigenvalue weighted by Crippen LogP contribution is 2.36. The third-order valence-corrected chi connectivity index (χ3v) is 3.56. The summed E-state index contributed by atoms with van der Waals surface area (Å²) in [5, 5.41) is 9.43. The van der Waals surface area contributed by atoms with E-state index >= 15 is 0 Å². The maximum atomic E-state index is 12.2. The number of amides is 1. The van der Waals surface area contributed by atoms with Crippen molar-refractivity contribution in [2.45, 2.75) is 38.6 Å². The fraction of sp³-hybridized carbons (Fsp3) is 0.571. The van der Waals surface area contributed by atoms with Gasteiger partial charge in [0.05, 0.1) is 12.2 Å². The van der Waals surface area contributed by atoms with E-state index in [1.54, 1.807) is 17.0 Å². The molecule has 1 amide bonds. The zero-order chi connectivity index (χ0) is 13.8. The van der Waals surface area contributed by atoms with Gasteiger partial charge < -0.3 is 14.4 Å². The fourth-order valence-corrected chi connectivity index (χ4v) is 2.72. The van der Waals surface area contributed by atoms with Gasteiger partial charge in [0.1, 0.15) is 11.8 Å². The number of nitrogens with zero attached hydrogens (tertiary/aromatic N) is 1. The van der Waals surface area contributed by atoms with Crippen LogP contribution in [-0.4, -0.2) is 28.4 Å². The number of hydrogen-bond acceptors (Lipinski definition) is 3. The van der Waals surface area contributed by atoms with Crippen molar-refractivity contribution in [2.75, 3.05) is 6.54 Å². The molecule has 104 valence electrons. The lowest BCUT2D eigenvalue weighted by Crippen LogP contribution is -2.39. The van der Waals surface area contributed by atoms with Crippen molar-refractivity contribution in [1.29, 1.82) is 0 Å². The molecular weight excluding hydrogens is 246 g/mol. The summed E-state index contributed by atoms with van der Waals surface area (Å²) >= 11 is 0. The molecule has 1 aromatic heterocycles. The van der Waals surface area contributed by atoms with Crippen LogP contribution < -0.4 is 0 Å². The summed E-state index contributed by atoms with van der Waals surface area (Å²) in [6.07, 6.45) is 3.86.